The Morgan fingerprint density at radius 3 is 2.34 bits per heavy atom. The highest BCUT2D eigenvalue weighted by Crippen LogP contribution is 2.33. The van der Waals surface area contributed by atoms with E-state index in [2.05, 4.69) is 5.10 Å². The lowest BCUT2D eigenvalue weighted by Crippen LogP contribution is -2.41. The Kier molecular flexibility index (Phi) is 6.81. The number of aromatic nitrogens is 2. The fourth-order valence-corrected chi connectivity index (χ4v) is 3.40. The molecule has 0 bridgehead atoms. The molecule has 0 spiro atoms. The summed E-state index contributed by atoms with van der Waals surface area (Å²) >= 11 is 0. The normalized spacial score (nSPS) is 12.4. The minimum atomic E-state index is -4.62. The molecule has 1 amide bonds. The van der Waals surface area contributed by atoms with Gasteiger partial charge < -0.3 is 4.90 Å². The smallest absolute Gasteiger partial charge is 0.330 e. The van der Waals surface area contributed by atoms with Gasteiger partial charge in [0.15, 0.2) is 5.69 Å². The summed E-state index contributed by atoms with van der Waals surface area (Å²) in [4.78, 5) is 27.6. The Labute approximate surface area is 184 Å². The van der Waals surface area contributed by atoms with Crippen LogP contribution >= 0.6 is 0 Å². The first kappa shape index (κ1) is 23.2. The lowest BCUT2D eigenvalue weighted by Gasteiger charge is -2.28. The fraction of sp³-hybridized carbons (Fsp3) is 0.292. The molecule has 2 aromatic carbocycles. The number of carbonyl (C=O) groups is 1. The van der Waals surface area contributed by atoms with Crippen molar-refractivity contribution in [2.24, 2.45) is 0 Å². The molecule has 1 atom stereocenters. The van der Waals surface area contributed by atoms with Crippen molar-refractivity contribution >= 4 is 5.91 Å². The van der Waals surface area contributed by atoms with Crippen molar-refractivity contribution in [2.75, 3.05) is 0 Å². The summed E-state index contributed by atoms with van der Waals surface area (Å²) in [7, 11) is 0. The molecule has 3 aromatic rings. The molecule has 0 aliphatic rings. The number of para-hydroxylation sites is 1. The molecule has 0 fully saturated rings. The Balaban J connectivity index is 2.10. The van der Waals surface area contributed by atoms with Crippen LogP contribution in [0.15, 0.2) is 65.5 Å². The summed E-state index contributed by atoms with van der Waals surface area (Å²) in [5, 5.41) is 4.11. The zero-order chi connectivity index (χ0) is 23.5. The Morgan fingerprint density at radius 1 is 1.09 bits per heavy atom. The van der Waals surface area contributed by atoms with E-state index in [9.17, 15) is 22.8 Å². The number of benzene rings is 2. The van der Waals surface area contributed by atoms with Crippen molar-refractivity contribution in [3.8, 4) is 5.69 Å². The van der Waals surface area contributed by atoms with E-state index in [1.54, 1.807) is 0 Å². The summed E-state index contributed by atoms with van der Waals surface area (Å²) in [6.07, 6.45) is -3.98. The fourth-order valence-electron chi connectivity index (χ4n) is 3.40. The van der Waals surface area contributed by atoms with Crippen LogP contribution in [0, 0.1) is 6.92 Å². The Morgan fingerprint density at radius 2 is 1.72 bits per heavy atom. The predicted molar refractivity (Wildman–Crippen MR) is 116 cm³/mol. The van der Waals surface area contributed by atoms with E-state index in [1.165, 1.54) is 30.0 Å². The van der Waals surface area contributed by atoms with Crippen LogP contribution in [0.4, 0.5) is 13.2 Å². The predicted octanol–water partition coefficient (Wildman–Crippen LogP) is 5.00. The number of halogens is 3. The molecule has 0 saturated carbocycles. The molecule has 1 unspecified atom stereocenters. The number of rotatable bonds is 6. The van der Waals surface area contributed by atoms with Crippen molar-refractivity contribution in [1.29, 1.82) is 0 Å². The first-order valence-electron chi connectivity index (χ1n) is 10.3. The first-order valence-corrected chi connectivity index (χ1v) is 10.3. The van der Waals surface area contributed by atoms with E-state index in [1.807, 2.05) is 44.2 Å². The van der Waals surface area contributed by atoms with Crippen LogP contribution in [0.25, 0.3) is 5.69 Å². The monoisotopic (exact) mass is 443 g/mol. The number of nitrogens with zero attached hydrogens (tertiary/aromatic N) is 3. The topological polar surface area (TPSA) is 55.2 Å². The van der Waals surface area contributed by atoms with Crippen LogP contribution < -0.4 is 5.43 Å². The van der Waals surface area contributed by atoms with Crippen LogP contribution in [0.2, 0.25) is 0 Å². The van der Waals surface area contributed by atoms with Gasteiger partial charge in [0.05, 0.1) is 11.3 Å². The maximum absolute atomic E-state index is 13.5. The van der Waals surface area contributed by atoms with E-state index >= 15 is 0 Å². The number of carbonyl (C=O) groups excluding carboxylic acids is 1. The van der Waals surface area contributed by atoms with Gasteiger partial charge in [0.1, 0.15) is 0 Å². The standard InChI is InChI=1S/C24H24F3N3O2/c1-4-16(2)29(15-18-10-6-5-7-11-18)23(32)22-21(31)14-17(3)30(28-22)20-13-9-8-12-19(20)24(25,26)27/h5-14,16H,4,15H2,1-3H3. The van der Waals surface area contributed by atoms with Crippen LogP contribution in [0.1, 0.15) is 47.6 Å². The van der Waals surface area contributed by atoms with Gasteiger partial charge in [-0.15, -0.1) is 0 Å². The van der Waals surface area contributed by atoms with Gasteiger partial charge in [0.25, 0.3) is 5.91 Å². The van der Waals surface area contributed by atoms with Gasteiger partial charge in [-0.25, -0.2) is 4.68 Å². The molecule has 32 heavy (non-hydrogen) atoms. The summed E-state index contributed by atoms with van der Waals surface area (Å²) in [6, 6.07) is 15.1. The average molecular weight is 443 g/mol. The van der Waals surface area contributed by atoms with Gasteiger partial charge in [0.2, 0.25) is 5.43 Å². The molecular formula is C24H24F3N3O2. The number of hydrogen-bond acceptors (Lipinski definition) is 3. The molecule has 0 radical (unpaired) electrons. The summed E-state index contributed by atoms with van der Waals surface area (Å²) in [6.45, 7) is 5.50. The molecule has 1 heterocycles. The maximum Gasteiger partial charge on any atom is 0.418 e. The molecule has 3 rings (SSSR count). The first-order chi connectivity index (χ1) is 15.1. The average Bonchev–Trinajstić information content (AvgIpc) is 2.77. The van der Waals surface area contributed by atoms with Gasteiger partial charge >= 0.3 is 6.18 Å². The van der Waals surface area contributed by atoms with Crippen molar-refractivity contribution in [2.45, 2.75) is 46.0 Å². The lowest BCUT2D eigenvalue weighted by atomic mass is 10.1. The summed E-state index contributed by atoms with van der Waals surface area (Å²) < 4.78 is 41.7. The number of aryl methyl sites for hydroxylation is 1. The second-order valence-corrected chi connectivity index (χ2v) is 7.60. The van der Waals surface area contributed by atoms with Crippen molar-refractivity contribution in [3.05, 3.63) is 93.4 Å². The third-order valence-electron chi connectivity index (χ3n) is 5.33. The van der Waals surface area contributed by atoms with Crippen molar-refractivity contribution < 1.29 is 18.0 Å². The SMILES string of the molecule is CCC(C)N(Cc1ccccc1)C(=O)c1nn(-c2ccccc2C(F)(F)F)c(C)cc1=O. The van der Waals surface area contributed by atoms with Crippen LogP contribution in [0.5, 0.6) is 0 Å². The third kappa shape index (κ3) is 4.90. The quantitative estimate of drug-likeness (QED) is 0.539. The largest absolute Gasteiger partial charge is 0.418 e. The van der Waals surface area contributed by atoms with Crippen LogP contribution in [-0.4, -0.2) is 26.6 Å². The van der Waals surface area contributed by atoms with Gasteiger partial charge in [-0.1, -0.05) is 49.4 Å². The van der Waals surface area contributed by atoms with E-state index in [0.717, 1.165) is 22.4 Å². The molecule has 8 heteroatoms. The molecular weight excluding hydrogens is 419 g/mol. The van der Waals surface area contributed by atoms with E-state index in [0.29, 0.717) is 6.42 Å². The molecule has 1 aromatic heterocycles. The number of alkyl halides is 3. The van der Waals surface area contributed by atoms with Crippen LogP contribution in [-0.2, 0) is 12.7 Å². The van der Waals surface area contributed by atoms with Gasteiger partial charge in [-0.2, -0.15) is 18.3 Å². The molecule has 0 saturated heterocycles. The van der Waals surface area contributed by atoms with Crippen molar-refractivity contribution in [1.82, 2.24) is 14.7 Å². The highest BCUT2D eigenvalue weighted by molar-refractivity contribution is 5.92. The van der Waals surface area contributed by atoms with Gasteiger partial charge in [0, 0.05) is 24.3 Å². The molecule has 0 N–H and O–H groups in total. The molecule has 0 aliphatic heterocycles. The van der Waals surface area contributed by atoms with Crippen LogP contribution in [0.3, 0.4) is 0 Å². The summed E-state index contributed by atoms with van der Waals surface area (Å²) in [5.41, 5.74) is -1.12. The second-order valence-electron chi connectivity index (χ2n) is 7.60. The number of hydrogen-bond donors (Lipinski definition) is 0. The van der Waals surface area contributed by atoms with E-state index in [4.69, 9.17) is 0 Å². The molecule has 0 aliphatic carbocycles. The Bertz CT molecular complexity index is 1160. The summed E-state index contributed by atoms with van der Waals surface area (Å²) in [5.74, 6) is -0.619. The maximum atomic E-state index is 13.5. The molecule has 5 nitrogen and oxygen atoms in total. The van der Waals surface area contributed by atoms with E-state index < -0.39 is 28.8 Å². The van der Waals surface area contributed by atoms with Gasteiger partial charge in [-0.05, 0) is 38.0 Å². The zero-order valence-electron chi connectivity index (χ0n) is 18.1. The second kappa shape index (κ2) is 9.38. The Hall–Kier alpha value is -3.42. The highest BCUT2D eigenvalue weighted by atomic mass is 19.4. The highest BCUT2D eigenvalue weighted by Gasteiger charge is 2.34. The molecule has 168 valence electrons. The number of amides is 1. The van der Waals surface area contributed by atoms with Gasteiger partial charge in [-0.3, -0.25) is 9.59 Å². The third-order valence-corrected chi connectivity index (χ3v) is 5.33. The lowest BCUT2D eigenvalue weighted by molar-refractivity contribution is -0.137. The van der Waals surface area contributed by atoms with Crippen molar-refractivity contribution in [3.63, 3.8) is 0 Å². The minimum absolute atomic E-state index is 0.196. The van der Waals surface area contributed by atoms with E-state index in [-0.39, 0.29) is 24.0 Å². The minimum Gasteiger partial charge on any atom is -0.330 e. The zero-order valence-corrected chi connectivity index (χ0v) is 18.1.